The highest BCUT2D eigenvalue weighted by Crippen LogP contribution is 2.22. The summed E-state index contributed by atoms with van der Waals surface area (Å²) in [7, 11) is -2.86. The molecule has 21 heavy (non-hydrogen) atoms. The van der Waals surface area contributed by atoms with Gasteiger partial charge in [-0.2, -0.15) is 0 Å². The summed E-state index contributed by atoms with van der Waals surface area (Å²) in [6.07, 6.45) is 2.10. The van der Waals surface area contributed by atoms with Crippen LogP contribution in [-0.4, -0.2) is 32.4 Å². The van der Waals surface area contributed by atoms with Gasteiger partial charge in [0.15, 0.2) is 9.84 Å². The van der Waals surface area contributed by atoms with Gasteiger partial charge in [0, 0.05) is 6.54 Å². The third-order valence-electron chi connectivity index (χ3n) is 3.59. The van der Waals surface area contributed by atoms with Crippen LogP contribution in [0.3, 0.4) is 0 Å². The molecule has 1 N–H and O–H groups in total. The van der Waals surface area contributed by atoms with Crippen LogP contribution in [0.4, 0.5) is 4.39 Å². The van der Waals surface area contributed by atoms with E-state index in [0.29, 0.717) is 19.4 Å². The van der Waals surface area contributed by atoms with E-state index in [1.165, 1.54) is 18.2 Å². The number of sulfone groups is 1. The lowest BCUT2D eigenvalue weighted by Gasteiger charge is -2.09. The molecule has 1 unspecified atom stereocenters. The van der Waals surface area contributed by atoms with Crippen LogP contribution in [0.25, 0.3) is 0 Å². The third kappa shape index (κ3) is 4.41. The smallest absolute Gasteiger partial charge is 0.255 e. The number of carbonyl (C=O) groups is 1. The summed E-state index contributed by atoms with van der Waals surface area (Å²) < 4.78 is 36.2. The van der Waals surface area contributed by atoms with E-state index in [0.717, 1.165) is 6.42 Å². The van der Waals surface area contributed by atoms with Gasteiger partial charge in [0.05, 0.1) is 22.1 Å². The predicted octanol–water partition coefficient (Wildman–Crippen LogP) is 2.42. The van der Waals surface area contributed by atoms with Gasteiger partial charge in [-0.3, -0.25) is 4.79 Å². The molecular formula is C14H17ClFNO3S. The van der Waals surface area contributed by atoms with E-state index in [2.05, 4.69) is 5.32 Å². The normalized spacial score (nSPS) is 20.4. The highest BCUT2D eigenvalue weighted by Gasteiger charge is 2.27. The number of hydrogen-bond acceptors (Lipinski definition) is 3. The minimum absolute atomic E-state index is 0.0781. The minimum Gasteiger partial charge on any atom is -0.352 e. The highest BCUT2D eigenvalue weighted by molar-refractivity contribution is 7.91. The largest absolute Gasteiger partial charge is 0.352 e. The Balaban J connectivity index is 1.78. The van der Waals surface area contributed by atoms with Crippen molar-refractivity contribution in [3.05, 3.63) is 34.6 Å². The van der Waals surface area contributed by atoms with Crippen molar-refractivity contribution in [3.63, 3.8) is 0 Å². The number of amides is 1. The van der Waals surface area contributed by atoms with Gasteiger partial charge >= 0.3 is 0 Å². The molecule has 1 saturated heterocycles. The lowest BCUT2D eigenvalue weighted by molar-refractivity contribution is 0.0948. The summed E-state index contributed by atoms with van der Waals surface area (Å²) in [5.41, 5.74) is -0.150. The Morgan fingerprint density at radius 2 is 2.19 bits per heavy atom. The lowest BCUT2D eigenvalue weighted by Crippen LogP contribution is -2.26. The predicted molar refractivity (Wildman–Crippen MR) is 79.7 cm³/mol. The van der Waals surface area contributed by atoms with Crippen molar-refractivity contribution in [1.29, 1.82) is 0 Å². The van der Waals surface area contributed by atoms with E-state index in [9.17, 15) is 17.6 Å². The van der Waals surface area contributed by atoms with Crippen molar-refractivity contribution in [2.24, 2.45) is 5.92 Å². The maximum atomic E-state index is 13.5. The van der Waals surface area contributed by atoms with Crippen LogP contribution < -0.4 is 5.32 Å². The fraction of sp³-hybridized carbons (Fsp3) is 0.500. The van der Waals surface area contributed by atoms with Gasteiger partial charge in [-0.15, -0.1) is 0 Å². The van der Waals surface area contributed by atoms with E-state index < -0.39 is 21.6 Å². The van der Waals surface area contributed by atoms with Crippen molar-refractivity contribution in [3.8, 4) is 0 Å². The molecule has 1 aromatic carbocycles. The van der Waals surface area contributed by atoms with Crippen LogP contribution >= 0.6 is 11.6 Å². The number of benzene rings is 1. The first-order valence-corrected chi connectivity index (χ1v) is 9.01. The fourth-order valence-corrected chi connectivity index (χ4v) is 4.65. The Hall–Kier alpha value is -1.14. The van der Waals surface area contributed by atoms with Gasteiger partial charge in [0.25, 0.3) is 5.91 Å². The average Bonchev–Trinajstić information content (AvgIpc) is 2.74. The number of rotatable bonds is 5. The molecule has 4 nitrogen and oxygen atoms in total. The van der Waals surface area contributed by atoms with Crippen molar-refractivity contribution < 1.29 is 17.6 Å². The molecule has 0 bridgehead atoms. The summed E-state index contributed by atoms with van der Waals surface area (Å²) in [5.74, 6) is -0.530. The number of nitrogens with one attached hydrogen (secondary N) is 1. The van der Waals surface area contributed by atoms with Crippen molar-refractivity contribution in [2.75, 3.05) is 18.1 Å². The number of carbonyl (C=O) groups excluding carboxylic acids is 1. The van der Waals surface area contributed by atoms with E-state index in [4.69, 9.17) is 11.6 Å². The van der Waals surface area contributed by atoms with Crippen LogP contribution in [0.1, 0.15) is 29.6 Å². The second-order valence-electron chi connectivity index (χ2n) is 5.26. The standard InChI is InChI=1S/C14H17ClFNO3S/c15-11-4-1-5-12(16)13(11)14(18)17-7-2-3-10-6-8-21(19,20)9-10/h1,4-5,10H,2-3,6-9H2,(H,17,18). The maximum absolute atomic E-state index is 13.5. The van der Waals surface area contributed by atoms with Gasteiger partial charge in [-0.05, 0) is 37.3 Å². The monoisotopic (exact) mass is 333 g/mol. The van der Waals surface area contributed by atoms with E-state index >= 15 is 0 Å². The van der Waals surface area contributed by atoms with Gasteiger partial charge in [0.2, 0.25) is 0 Å². The quantitative estimate of drug-likeness (QED) is 0.842. The molecular weight excluding hydrogens is 317 g/mol. The van der Waals surface area contributed by atoms with Crippen molar-refractivity contribution in [1.82, 2.24) is 5.32 Å². The molecule has 1 aromatic rings. The zero-order valence-corrected chi connectivity index (χ0v) is 13.0. The van der Waals surface area contributed by atoms with E-state index in [1.54, 1.807) is 0 Å². The molecule has 2 rings (SSSR count). The van der Waals surface area contributed by atoms with Crippen LogP contribution in [0.5, 0.6) is 0 Å². The fourth-order valence-electron chi connectivity index (χ4n) is 2.50. The Morgan fingerprint density at radius 1 is 1.43 bits per heavy atom. The van der Waals surface area contributed by atoms with Crippen molar-refractivity contribution in [2.45, 2.75) is 19.3 Å². The van der Waals surface area contributed by atoms with Gasteiger partial charge in [-0.25, -0.2) is 12.8 Å². The Morgan fingerprint density at radius 3 is 2.81 bits per heavy atom. The summed E-state index contributed by atoms with van der Waals surface area (Å²) in [5, 5.41) is 2.69. The Bertz CT molecular complexity index is 613. The molecule has 1 fully saturated rings. The first-order chi connectivity index (χ1) is 9.89. The van der Waals surface area contributed by atoms with Crippen LogP contribution in [0.15, 0.2) is 18.2 Å². The Labute approximate surface area is 128 Å². The molecule has 0 saturated carbocycles. The molecule has 0 radical (unpaired) electrons. The van der Waals surface area contributed by atoms with Crippen LogP contribution in [0, 0.1) is 11.7 Å². The maximum Gasteiger partial charge on any atom is 0.255 e. The third-order valence-corrected chi connectivity index (χ3v) is 5.74. The summed E-state index contributed by atoms with van der Waals surface area (Å²) in [6, 6.07) is 4.09. The molecule has 1 aliphatic heterocycles. The first-order valence-electron chi connectivity index (χ1n) is 6.82. The van der Waals surface area contributed by atoms with Crippen molar-refractivity contribution >= 4 is 27.3 Å². The minimum atomic E-state index is -2.86. The zero-order valence-electron chi connectivity index (χ0n) is 11.4. The lowest BCUT2D eigenvalue weighted by atomic mass is 10.0. The van der Waals surface area contributed by atoms with E-state index in [-0.39, 0.29) is 28.0 Å². The molecule has 7 heteroatoms. The van der Waals surface area contributed by atoms with Crippen LogP contribution in [-0.2, 0) is 9.84 Å². The first kappa shape index (κ1) is 16.2. The average molecular weight is 334 g/mol. The molecule has 1 atom stereocenters. The molecule has 1 amide bonds. The molecule has 1 heterocycles. The number of hydrogen-bond donors (Lipinski definition) is 1. The summed E-state index contributed by atoms with van der Waals surface area (Å²) >= 11 is 5.80. The second-order valence-corrected chi connectivity index (χ2v) is 7.90. The number of halogens is 2. The Kier molecular flexibility index (Phi) is 5.22. The highest BCUT2D eigenvalue weighted by atomic mass is 35.5. The topological polar surface area (TPSA) is 63.2 Å². The molecule has 116 valence electrons. The summed E-state index contributed by atoms with van der Waals surface area (Å²) in [6.45, 7) is 0.375. The van der Waals surface area contributed by atoms with E-state index in [1.807, 2.05) is 0 Å². The van der Waals surface area contributed by atoms with Gasteiger partial charge in [-0.1, -0.05) is 17.7 Å². The molecule has 0 aromatic heterocycles. The SMILES string of the molecule is O=C(NCCCC1CCS(=O)(=O)C1)c1c(F)cccc1Cl. The van der Waals surface area contributed by atoms with Gasteiger partial charge < -0.3 is 5.32 Å². The zero-order chi connectivity index (χ0) is 15.5. The molecule has 0 aliphatic carbocycles. The molecule has 1 aliphatic rings. The second kappa shape index (κ2) is 6.75. The summed E-state index contributed by atoms with van der Waals surface area (Å²) in [4.78, 5) is 11.9. The van der Waals surface area contributed by atoms with Crippen LogP contribution in [0.2, 0.25) is 5.02 Å². The van der Waals surface area contributed by atoms with Gasteiger partial charge in [0.1, 0.15) is 5.82 Å². The molecule has 0 spiro atoms.